The van der Waals surface area contributed by atoms with Crippen LogP contribution in [0.1, 0.15) is 27.6 Å². The van der Waals surface area contributed by atoms with Gasteiger partial charge in [-0.3, -0.25) is 9.69 Å². The molecule has 0 radical (unpaired) electrons. The zero-order valence-corrected chi connectivity index (χ0v) is 21.9. The molecule has 8 heteroatoms. The zero-order chi connectivity index (χ0) is 26.7. The molecule has 1 saturated heterocycles. The molecule has 1 aliphatic heterocycles. The Labute approximate surface area is 223 Å². The quantitative estimate of drug-likeness (QED) is 0.356. The van der Waals surface area contributed by atoms with Crippen LogP contribution in [0.3, 0.4) is 0 Å². The first-order valence-corrected chi connectivity index (χ1v) is 12.7. The summed E-state index contributed by atoms with van der Waals surface area (Å²) in [5.41, 5.74) is 2.48. The van der Waals surface area contributed by atoms with Crippen molar-refractivity contribution >= 4 is 11.9 Å². The second-order valence-corrected chi connectivity index (χ2v) is 9.05. The lowest BCUT2D eigenvalue weighted by molar-refractivity contribution is -0.135. The van der Waals surface area contributed by atoms with E-state index in [2.05, 4.69) is 4.90 Å². The summed E-state index contributed by atoms with van der Waals surface area (Å²) in [4.78, 5) is 28.5. The van der Waals surface area contributed by atoms with E-state index in [1.807, 2.05) is 71.6 Å². The Hall–Kier alpha value is -3.88. The predicted molar refractivity (Wildman–Crippen MR) is 143 cm³/mol. The molecule has 8 nitrogen and oxygen atoms in total. The van der Waals surface area contributed by atoms with Crippen LogP contribution in [0.15, 0.2) is 78.9 Å². The molecule has 0 aromatic heterocycles. The second-order valence-electron chi connectivity index (χ2n) is 9.05. The fraction of sp³-hybridized carbons (Fsp3) is 0.333. The van der Waals surface area contributed by atoms with Crippen LogP contribution in [-0.4, -0.2) is 75.2 Å². The molecule has 0 N–H and O–H groups in total. The van der Waals surface area contributed by atoms with Gasteiger partial charge in [-0.2, -0.15) is 0 Å². The van der Waals surface area contributed by atoms with Gasteiger partial charge < -0.3 is 23.8 Å². The standard InChI is InChI=1S/C30H34N2O6/c1-35-27-10-6-7-25(19-27)28(38-21-23-11-13-24(14-12-23)30(34)36-2)20-31-15-17-32(18-16-31)29(33)22-37-26-8-4-3-5-9-26/h3-14,19,28H,15-18,20-22H2,1-2H3/t28-/m1/s1. The van der Waals surface area contributed by atoms with Crippen molar-refractivity contribution in [2.45, 2.75) is 12.7 Å². The Morgan fingerprint density at radius 1 is 0.842 bits per heavy atom. The molecule has 200 valence electrons. The van der Waals surface area contributed by atoms with Crippen LogP contribution < -0.4 is 9.47 Å². The normalized spacial score (nSPS) is 14.5. The number of ether oxygens (including phenoxy) is 4. The summed E-state index contributed by atoms with van der Waals surface area (Å²) in [6.07, 6.45) is -0.200. The third-order valence-electron chi connectivity index (χ3n) is 6.55. The van der Waals surface area contributed by atoms with Crippen molar-refractivity contribution in [1.29, 1.82) is 0 Å². The molecular weight excluding hydrogens is 484 g/mol. The largest absolute Gasteiger partial charge is 0.497 e. The van der Waals surface area contributed by atoms with E-state index >= 15 is 0 Å². The van der Waals surface area contributed by atoms with E-state index in [-0.39, 0.29) is 24.6 Å². The predicted octanol–water partition coefficient (Wildman–Crippen LogP) is 3.96. The van der Waals surface area contributed by atoms with Crippen molar-refractivity contribution in [1.82, 2.24) is 9.80 Å². The van der Waals surface area contributed by atoms with Crippen LogP contribution in [0.2, 0.25) is 0 Å². The molecule has 1 aliphatic rings. The maximum Gasteiger partial charge on any atom is 0.337 e. The summed E-state index contributed by atoms with van der Waals surface area (Å²) in [6, 6.07) is 24.5. The smallest absolute Gasteiger partial charge is 0.337 e. The summed E-state index contributed by atoms with van der Waals surface area (Å²) < 4.78 is 22.2. The molecule has 4 rings (SSSR count). The van der Waals surface area contributed by atoms with Crippen LogP contribution in [0.5, 0.6) is 11.5 Å². The molecule has 0 spiro atoms. The number of nitrogens with zero attached hydrogens (tertiary/aromatic N) is 2. The summed E-state index contributed by atoms with van der Waals surface area (Å²) in [7, 11) is 3.02. The molecule has 1 atom stereocenters. The van der Waals surface area contributed by atoms with Gasteiger partial charge in [-0.05, 0) is 47.5 Å². The molecule has 1 heterocycles. The van der Waals surface area contributed by atoms with E-state index in [9.17, 15) is 9.59 Å². The fourth-order valence-corrected chi connectivity index (χ4v) is 4.32. The van der Waals surface area contributed by atoms with E-state index < -0.39 is 0 Å². The molecule has 0 bridgehead atoms. The number of esters is 1. The first kappa shape index (κ1) is 27.2. The van der Waals surface area contributed by atoms with Gasteiger partial charge >= 0.3 is 5.97 Å². The van der Waals surface area contributed by atoms with E-state index in [1.165, 1.54) is 7.11 Å². The Bertz CT molecular complexity index is 1180. The summed E-state index contributed by atoms with van der Waals surface area (Å²) in [5.74, 6) is 1.09. The van der Waals surface area contributed by atoms with E-state index in [1.54, 1.807) is 19.2 Å². The first-order chi connectivity index (χ1) is 18.6. The molecule has 3 aromatic rings. The van der Waals surface area contributed by atoms with Gasteiger partial charge in [0.05, 0.1) is 32.5 Å². The van der Waals surface area contributed by atoms with Crippen molar-refractivity contribution in [3.05, 3.63) is 95.6 Å². The number of piperazine rings is 1. The second kappa shape index (κ2) is 13.6. The molecular formula is C30H34N2O6. The number of hydrogen-bond acceptors (Lipinski definition) is 7. The zero-order valence-electron chi connectivity index (χ0n) is 21.9. The highest BCUT2D eigenvalue weighted by atomic mass is 16.5. The molecule has 1 amide bonds. The van der Waals surface area contributed by atoms with Gasteiger partial charge in [0.1, 0.15) is 11.5 Å². The number of benzene rings is 3. The third kappa shape index (κ3) is 7.57. The van der Waals surface area contributed by atoms with Crippen molar-refractivity contribution in [2.24, 2.45) is 0 Å². The Morgan fingerprint density at radius 3 is 2.24 bits per heavy atom. The third-order valence-corrected chi connectivity index (χ3v) is 6.55. The maximum atomic E-state index is 12.7. The number of amides is 1. The number of carbonyl (C=O) groups is 2. The molecule has 3 aromatic carbocycles. The fourth-order valence-electron chi connectivity index (χ4n) is 4.32. The van der Waals surface area contributed by atoms with Crippen molar-refractivity contribution < 1.29 is 28.5 Å². The minimum Gasteiger partial charge on any atom is -0.497 e. The number of rotatable bonds is 11. The monoisotopic (exact) mass is 518 g/mol. The van der Waals surface area contributed by atoms with E-state index in [0.29, 0.717) is 37.6 Å². The van der Waals surface area contributed by atoms with Crippen LogP contribution in [-0.2, 0) is 20.9 Å². The van der Waals surface area contributed by atoms with E-state index in [0.717, 1.165) is 30.0 Å². The lowest BCUT2D eigenvalue weighted by Crippen LogP contribution is -2.50. The highest BCUT2D eigenvalue weighted by Crippen LogP contribution is 2.25. The minimum absolute atomic E-state index is 0.00972. The number of hydrogen-bond donors (Lipinski definition) is 0. The summed E-state index contributed by atoms with van der Waals surface area (Å²) in [6.45, 7) is 3.86. The lowest BCUT2D eigenvalue weighted by Gasteiger charge is -2.36. The van der Waals surface area contributed by atoms with Gasteiger partial charge in [0.2, 0.25) is 0 Å². The molecule has 1 fully saturated rings. The Morgan fingerprint density at radius 2 is 1.55 bits per heavy atom. The molecule has 0 unspecified atom stereocenters. The maximum absolute atomic E-state index is 12.7. The Kier molecular flexibility index (Phi) is 9.72. The lowest BCUT2D eigenvalue weighted by atomic mass is 10.1. The molecule has 0 aliphatic carbocycles. The average molecular weight is 519 g/mol. The van der Waals surface area contributed by atoms with Gasteiger partial charge in [0.15, 0.2) is 6.61 Å². The van der Waals surface area contributed by atoms with Crippen LogP contribution in [0.25, 0.3) is 0 Å². The number of methoxy groups -OCH3 is 2. The van der Waals surface area contributed by atoms with Crippen molar-refractivity contribution in [3.63, 3.8) is 0 Å². The summed E-state index contributed by atoms with van der Waals surface area (Å²) >= 11 is 0. The van der Waals surface area contributed by atoms with Crippen molar-refractivity contribution in [3.8, 4) is 11.5 Å². The molecule has 0 saturated carbocycles. The topological polar surface area (TPSA) is 77.5 Å². The minimum atomic E-state index is -0.365. The van der Waals surface area contributed by atoms with Crippen LogP contribution in [0, 0.1) is 0 Å². The molecule has 38 heavy (non-hydrogen) atoms. The number of para-hydroxylation sites is 1. The van der Waals surface area contributed by atoms with Crippen molar-refractivity contribution in [2.75, 3.05) is 53.6 Å². The van der Waals surface area contributed by atoms with Gasteiger partial charge in [0.25, 0.3) is 5.91 Å². The number of carbonyl (C=O) groups excluding carboxylic acids is 2. The highest BCUT2D eigenvalue weighted by molar-refractivity contribution is 5.89. The summed E-state index contributed by atoms with van der Waals surface area (Å²) in [5, 5.41) is 0. The van der Waals surface area contributed by atoms with Crippen LogP contribution >= 0.6 is 0 Å². The first-order valence-electron chi connectivity index (χ1n) is 12.7. The average Bonchev–Trinajstić information content (AvgIpc) is 2.98. The van der Waals surface area contributed by atoms with Gasteiger partial charge in [-0.15, -0.1) is 0 Å². The SMILES string of the molecule is COC(=O)c1ccc(CO[C@H](CN2CCN(C(=O)COc3ccccc3)CC2)c2cccc(OC)c2)cc1. The Balaban J connectivity index is 1.34. The van der Waals surface area contributed by atoms with Crippen LogP contribution in [0.4, 0.5) is 0 Å². The van der Waals surface area contributed by atoms with Gasteiger partial charge in [-0.25, -0.2) is 4.79 Å². The van der Waals surface area contributed by atoms with E-state index in [4.69, 9.17) is 18.9 Å². The highest BCUT2D eigenvalue weighted by Gasteiger charge is 2.25. The van der Waals surface area contributed by atoms with Gasteiger partial charge in [0, 0.05) is 32.7 Å². The van der Waals surface area contributed by atoms with Gasteiger partial charge in [-0.1, -0.05) is 42.5 Å².